The van der Waals surface area contributed by atoms with Crippen molar-refractivity contribution in [1.29, 1.82) is 0 Å². The van der Waals surface area contributed by atoms with Gasteiger partial charge in [0.25, 0.3) is 0 Å². The fourth-order valence-electron chi connectivity index (χ4n) is 2.34. The van der Waals surface area contributed by atoms with Crippen LogP contribution < -0.4 is 4.90 Å². The monoisotopic (exact) mass is 275 g/mol. The maximum Gasteiger partial charge on any atom is 0.324 e. The Morgan fingerprint density at radius 1 is 1.35 bits per heavy atom. The average Bonchev–Trinajstić information content (AvgIpc) is 3.08. The number of aliphatic hydroxyl groups excluding tert-OH is 1. The normalized spacial score (nSPS) is 22.4. The summed E-state index contributed by atoms with van der Waals surface area (Å²) in [5.74, 6) is 0.551. The van der Waals surface area contributed by atoms with E-state index in [1.807, 2.05) is 42.2 Å². The summed E-state index contributed by atoms with van der Waals surface area (Å²) >= 11 is 0. The van der Waals surface area contributed by atoms with E-state index in [4.69, 9.17) is 9.26 Å². The van der Waals surface area contributed by atoms with Crippen LogP contribution in [0.1, 0.15) is 6.92 Å². The van der Waals surface area contributed by atoms with Gasteiger partial charge < -0.3 is 19.3 Å². The molecule has 1 fully saturated rings. The van der Waals surface area contributed by atoms with E-state index in [1.54, 1.807) is 0 Å². The lowest BCUT2D eigenvalue weighted by atomic mass is 10.2. The highest BCUT2D eigenvalue weighted by molar-refractivity contribution is 5.55. The molecule has 106 valence electrons. The van der Waals surface area contributed by atoms with Crippen molar-refractivity contribution in [3.05, 3.63) is 30.3 Å². The average molecular weight is 275 g/mol. The predicted molar refractivity (Wildman–Crippen MR) is 73.4 cm³/mol. The van der Waals surface area contributed by atoms with E-state index in [0.29, 0.717) is 31.5 Å². The van der Waals surface area contributed by atoms with Gasteiger partial charge in [-0.05, 0) is 6.92 Å². The molecule has 1 N–H and O–H groups in total. The van der Waals surface area contributed by atoms with Crippen molar-refractivity contribution >= 4 is 6.01 Å². The van der Waals surface area contributed by atoms with E-state index in [-0.39, 0.29) is 6.10 Å². The van der Waals surface area contributed by atoms with E-state index in [9.17, 15) is 5.11 Å². The first-order valence-corrected chi connectivity index (χ1v) is 6.71. The quantitative estimate of drug-likeness (QED) is 0.907. The molecule has 6 heteroatoms. The van der Waals surface area contributed by atoms with Gasteiger partial charge in [-0.25, -0.2) is 0 Å². The van der Waals surface area contributed by atoms with Gasteiger partial charge in [-0.3, -0.25) is 0 Å². The predicted octanol–water partition coefficient (Wildman–Crippen LogP) is 1.32. The van der Waals surface area contributed by atoms with Crippen molar-refractivity contribution in [1.82, 2.24) is 10.1 Å². The molecular weight excluding hydrogens is 258 g/mol. The summed E-state index contributed by atoms with van der Waals surface area (Å²) in [6, 6.07) is 10.1. The van der Waals surface area contributed by atoms with Crippen molar-refractivity contribution < 1.29 is 14.4 Å². The van der Waals surface area contributed by atoms with Crippen LogP contribution in [-0.4, -0.2) is 47.2 Å². The zero-order chi connectivity index (χ0) is 13.9. The van der Waals surface area contributed by atoms with Crippen LogP contribution in [0.4, 0.5) is 6.01 Å². The number of β-amino-alcohol motifs (C(OH)–C–C–N with tert-alkyl or cyclic N) is 1. The summed E-state index contributed by atoms with van der Waals surface area (Å²) in [6.07, 6.45) is -0.728. The number of rotatable bonds is 4. The van der Waals surface area contributed by atoms with Crippen LogP contribution in [0.5, 0.6) is 0 Å². The van der Waals surface area contributed by atoms with E-state index in [1.165, 1.54) is 0 Å². The Labute approximate surface area is 117 Å². The van der Waals surface area contributed by atoms with Crippen LogP contribution in [0.2, 0.25) is 0 Å². The minimum absolute atomic E-state index is 0.202. The number of hydrogen-bond acceptors (Lipinski definition) is 6. The molecule has 3 rings (SSSR count). The minimum atomic E-state index is -0.526. The van der Waals surface area contributed by atoms with Crippen molar-refractivity contribution in [3.8, 4) is 11.4 Å². The summed E-state index contributed by atoms with van der Waals surface area (Å²) in [6.45, 7) is 3.50. The second-order valence-corrected chi connectivity index (χ2v) is 4.73. The zero-order valence-electron chi connectivity index (χ0n) is 11.3. The molecule has 0 saturated carbocycles. The third-order valence-electron chi connectivity index (χ3n) is 3.34. The molecule has 0 unspecified atom stereocenters. The van der Waals surface area contributed by atoms with Gasteiger partial charge >= 0.3 is 6.01 Å². The molecule has 2 atom stereocenters. The third kappa shape index (κ3) is 2.52. The Morgan fingerprint density at radius 2 is 2.15 bits per heavy atom. The molecule has 0 spiro atoms. The summed E-state index contributed by atoms with van der Waals surface area (Å²) < 4.78 is 10.8. The molecule has 20 heavy (non-hydrogen) atoms. The second-order valence-electron chi connectivity index (χ2n) is 4.73. The van der Waals surface area contributed by atoms with Crippen LogP contribution in [0.15, 0.2) is 34.9 Å². The SMILES string of the molecule is CCO[C@H]1CN(c2nc(-c3ccccc3)no2)C[C@@H]1O. The second kappa shape index (κ2) is 5.60. The van der Waals surface area contributed by atoms with E-state index >= 15 is 0 Å². The maximum absolute atomic E-state index is 9.92. The number of aliphatic hydroxyl groups is 1. The molecule has 0 amide bonds. The Hall–Kier alpha value is -1.92. The van der Waals surface area contributed by atoms with Crippen LogP contribution in [0, 0.1) is 0 Å². The third-order valence-corrected chi connectivity index (χ3v) is 3.34. The molecule has 1 aromatic heterocycles. The highest BCUT2D eigenvalue weighted by Crippen LogP contribution is 2.23. The first-order valence-electron chi connectivity index (χ1n) is 6.71. The van der Waals surface area contributed by atoms with Gasteiger partial charge in [0.1, 0.15) is 6.10 Å². The first kappa shape index (κ1) is 13.1. The standard InChI is InChI=1S/C14H17N3O3/c1-2-19-12-9-17(8-11(12)18)14-15-13(16-20-14)10-6-4-3-5-7-10/h3-7,11-12,18H,2,8-9H2,1H3/t11-,12-/m0/s1. The lowest BCUT2D eigenvalue weighted by molar-refractivity contribution is -0.00190. The fraction of sp³-hybridized carbons (Fsp3) is 0.429. The lowest BCUT2D eigenvalue weighted by Gasteiger charge is -2.12. The van der Waals surface area contributed by atoms with E-state index < -0.39 is 6.10 Å². The molecule has 0 bridgehead atoms. The molecule has 2 aromatic rings. The van der Waals surface area contributed by atoms with Crippen molar-refractivity contribution in [2.24, 2.45) is 0 Å². The Bertz CT molecular complexity index is 558. The summed E-state index contributed by atoms with van der Waals surface area (Å²) in [4.78, 5) is 6.22. The molecule has 1 aromatic carbocycles. The van der Waals surface area contributed by atoms with Crippen LogP contribution in [0.25, 0.3) is 11.4 Å². The van der Waals surface area contributed by atoms with Crippen LogP contribution in [0.3, 0.4) is 0 Å². The minimum Gasteiger partial charge on any atom is -0.388 e. The smallest absolute Gasteiger partial charge is 0.324 e. The van der Waals surface area contributed by atoms with Crippen LogP contribution >= 0.6 is 0 Å². The van der Waals surface area contributed by atoms with E-state index in [0.717, 1.165) is 5.56 Å². The van der Waals surface area contributed by atoms with Crippen LogP contribution in [-0.2, 0) is 4.74 Å². The van der Waals surface area contributed by atoms with Gasteiger partial charge in [0.15, 0.2) is 0 Å². The summed E-state index contributed by atoms with van der Waals surface area (Å²) in [7, 11) is 0. The summed E-state index contributed by atoms with van der Waals surface area (Å²) in [5.41, 5.74) is 0.906. The Balaban J connectivity index is 1.75. The topological polar surface area (TPSA) is 71.6 Å². The van der Waals surface area contributed by atoms with Gasteiger partial charge in [0.2, 0.25) is 5.82 Å². The van der Waals surface area contributed by atoms with Gasteiger partial charge in [-0.1, -0.05) is 35.5 Å². The first-order chi connectivity index (χ1) is 9.78. The highest BCUT2D eigenvalue weighted by Gasteiger charge is 2.34. The van der Waals surface area contributed by atoms with Crippen molar-refractivity contribution in [3.63, 3.8) is 0 Å². The van der Waals surface area contributed by atoms with Crippen molar-refractivity contribution in [2.75, 3.05) is 24.6 Å². The molecule has 1 aliphatic heterocycles. The number of nitrogens with zero attached hydrogens (tertiary/aromatic N) is 3. The molecule has 1 aliphatic rings. The number of benzene rings is 1. The molecule has 2 heterocycles. The van der Waals surface area contributed by atoms with Gasteiger partial charge in [0.05, 0.1) is 19.2 Å². The largest absolute Gasteiger partial charge is 0.388 e. The molecule has 1 saturated heterocycles. The Kier molecular flexibility index (Phi) is 3.66. The Morgan fingerprint density at radius 3 is 2.90 bits per heavy atom. The zero-order valence-corrected chi connectivity index (χ0v) is 11.3. The number of anilines is 1. The van der Waals surface area contributed by atoms with E-state index in [2.05, 4.69) is 10.1 Å². The lowest BCUT2D eigenvalue weighted by Crippen LogP contribution is -2.26. The maximum atomic E-state index is 9.92. The molecule has 6 nitrogen and oxygen atoms in total. The summed E-state index contributed by atoms with van der Waals surface area (Å²) in [5, 5.41) is 13.9. The van der Waals surface area contributed by atoms with Gasteiger partial charge in [0, 0.05) is 12.2 Å². The highest BCUT2D eigenvalue weighted by atomic mass is 16.5. The number of aromatic nitrogens is 2. The molecular formula is C14H17N3O3. The fourth-order valence-corrected chi connectivity index (χ4v) is 2.34. The molecule has 0 aliphatic carbocycles. The number of ether oxygens (including phenoxy) is 1. The van der Waals surface area contributed by atoms with Gasteiger partial charge in [-0.15, -0.1) is 0 Å². The van der Waals surface area contributed by atoms with Gasteiger partial charge in [-0.2, -0.15) is 4.98 Å². The van der Waals surface area contributed by atoms with Crippen molar-refractivity contribution in [2.45, 2.75) is 19.1 Å². The molecule has 0 radical (unpaired) electrons. The number of hydrogen-bond donors (Lipinski definition) is 1.